The van der Waals surface area contributed by atoms with Crippen molar-refractivity contribution in [3.63, 3.8) is 0 Å². The summed E-state index contributed by atoms with van der Waals surface area (Å²) in [6.07, 6.45) is 2.63. The average Bonchev–Trinajstić information content (AvgIpc) is 2.90. The molecule has 0 saturated heterocycles. The number of carbonyl (C=O) groups is 1. The summed E-state index contributed by atoms with van der Waals surface area (Å²) in [6, 6.07) is 6.36. The number of benzene rings is 1. The molecule has 4 rings (SSSR count). The number of aromatic nitrogens is 3. The molecule has 0 saturated carbocycles. The van der Waals surface area contributed by atoms with E-state index >= 15 is 0 Å². The van der Waals surface area contributed by atoms with Gasteiger partial charge in [0.25, 0.3) is 0 Å². The van der Waals surface area contributed by atoms with Crippen molar-refractivity contribution >= 4 is 22.5 Å². The number of nitrogens with zero attached hydrogens (tertiary/aromatic N) is 3. The van der Waals surface area contributed by atoms with Crippen LogP contribution in [0.25, 0.3) is 16.7 Å². The van der Waals surface area contributed by atoms with Gasteiger partial charge >= 0.3 is 0 Å². The molecule has 0 aliphatic heterocycles. The van der Waals surface area contributed by atoms with Crippen LogP contribution in [0.4, 0.5) is 10.1 Å². The van der Waals surface area contributed by atoms with Crippen LogP contribution in [0.3, 0.4) is 0 Å². The topological polar surface area (TPSA) is 73.8 Å². The minimum absolute atomic E-state index is 0.00629. The van der Waals surface area contributed by atoms with E-state index in [0.29, 0.717) is 46.5 Å². The molecular weight excluding hydrogens is 307 g/mol. The first-order chi connectivity index (χ1) is 11.4. The maximum Gasteiger partial charge on any atom is 0.167 e. The molecule has 24 heavy (non-hydrogen) atoms. The third kappa shape index (κ3) is 2.10. The number of Topliss-reactive ketones (excluding diaryl/α,β-unsaturated/α-hetero) is 1. The van der Waals surface area contributed by atoms with E-state index in [1.54, 1.807) is 18.2 Å². The monoisotopic (exact) mass is 324 g/mol. The van der Waals surface area contributed by atoms with Crippen LogP contribution in [0.1, 0.15) is 36.3 Å². The van der Waals surface area contributed by atoms with Crippen LogP contribution in [0.2, 0.25) is 0 Å². The van der Waals surface area contributed by atoms with E-state index in [9.17, 15) is 9.18 Å². The Labute approximate surface area is 138 Å². The third-order valence-corrected chi connectivity index (χ3v) is 4.48. The first kappa shape index (κ1) is 14.8. The molecule has 0 atom stereocenters. The van der Waals surface area contributed by atoms with E-state index < -0.39 is 5.82 Å². The molecule has 0 fully saturated rings. The second-order valence-corrected chi connectivity index (χ2v) is 7.03. The van der Waals surface area contributed by atoms with Gasteiger partial charge in [0, 0.05) is 6.42 Å². The van der Waals surface area contributed by atoms with Crippen molar-refractivity contribution in [1.29, 1.82) is 0 Å². The van der Waals surface area contributed by atoms with E-state index in [4.69, 9.17) is 5.73 Å². The highest BCUT2D eigenvalue weighted by Crippen LogP contribution is 2.38. The first-order valence-corrected chi connectivity index (χ1v) is 7.81. The summed E-state index contributed by atoms with van der Waals surface area (Å²) >= 11 is 0. The van der Waals surface area contributed by atoms with Gasteiger partial charge in [0.2, 0.25) is 0 Å². The lowest BCUT2D eigenvalue weighted by Crippen LogP contribution is -2.29. The fourth-order valence-electron chi connectivity index (χ4n) is 3.39. The minimum atomic E-state index is -0.392. The molecule has 2 heterocycles. The molecule has 2 N–H and O–H groups in total. The molecule has 0 radical (unpaired) electrons. The van der Waals surface area contributed by atoms with Crippen molar-refractivity contribution in [3.8, 4) is 5.69 Å². The van der Waals surface area contributed by atoms with E-state index in [2.05, 4.69) is 10.1 Å². The molecule has 1 aliphatic rings. The molecular formula is C18H17FN4O. The number of nitrogens with two attached hydrogens (primary N) is 1. The summed E-state index contributed by atoms with van der Waals surface area (Å²) < 4.78 is 15.6. The van der Waals surface area contributed by atoms with Crippen LogP contribution >= 0.6 is 0 Å². The Balaban J connectivity index is 2.01. The number of para-hydroxylation sites is 1. The van der Waals surface area contributed by atoms with Gasteiger partial charge in [-0.3, -0.25) is 4.79 Å². The smallest absolute Gasteiger partial charge is 0.167 e. The molecule has 0 bridgehead atoms. The molecule has 2 aromatic heterocycles. The molecule has 0 unspecified atom stereocenters. The van der Waals surface area contributed by atoms with Crippen molar-refractivity contribution < 1.29 is 9.18 Å². The lowest BCUT2D eigenvalue weighted by molar-refractivity contribution is 0.0911. The maximum absolute atomic E-state index is 14.1. The standard InChI is InChI=1S/C18H17FN4O/c1-18(2)7-12-15(14(24)8-18)16(20)10-9-21-23(17(10)22-12)13-6-4-3-5-11(13)19/h3-6,9H,7-8H2,1-2H3,(H2,20,22). The van der Waals surface area contributed by atoms with Gasteiger partial charge in [0.15, 0.2) is 11.4 Å². The Morgan fingerprint density at radius 2 is 2.00 bits per heavy atom. The number of anilines is 1. The zero-order chi connectivity index (χ0) is 17.1. The number of ketones is 1. The van der Waals surface area contributed by atoms with E-state index in [1.807, 2.05) is 13.8 Å². The Morgan fingerprint density at radius 3 is 2.75 bits per heavy atom. The molecule has 0 spiro atoms. The number of halogens is 1. The molecule has 3 aromatic rings. The average molecular weight is 324 g/mol. The second kappa shape index (κ2) is 4.87. The molecule has 5 nitrogen and oxygen atoms in total. The molecule has 1 aromatic carbocycles. The fourth-order valence-corrected chi connectivity index (χ4v) is 3.39. The minimum Gasteiger partial charge on any atom is -0.397 e. The van der Waals surface area contributed by atoms with Gasteiger partial charge < -0.3 is 5.73 Å². The van der Waals surface area contributed by atoms with Gasteiger partial charge in [0.05, 0.1) is 28.5 Å². The van der Waals surface area contributed by atoms with Crippen LogP contribution in [0, 0.1) is 11.2 Å². The fraction of sp³-hybridized carbons (Fsp3) is 0.278. The Kier molecular flexibility index (Phi) is 3.00. The third-order valence-electron chi connectivity index (χ3n) is 4.48. The van der Waals surface area contributed by atoms with Crippen LogP contribution in [-0.4, -0.2) is 20.5 Å². The van der Waals surface area contributed by atoms with Crippen LogP contribution < -0.4 is 5.73 Å². The van der Waals surface area contributed by atoms with Gasteiger partial charge in [-0.2, -0.15) is 5.10 Å². The zero-order valence-corrected chi connectivity index (χ0v) is 13.5. The van der Waals surface area contributed by atoms with Gasteiger partial charge in [-0.25, -0.2) is 14.1 Å². The summed E-state index contributed by atoms with van der Waals surface area (Å²) in [7, 11) is 0. The van der Waals surface area contributed by atoms with E-state index in [0.717, 1.165) is 0 Å². The van der Waals surface area contributed by atoms with E-state index in [1.165, 1.54) is 16.9 Å². The van der Waals surface area contributed by atoms with Gasteiger partial charge in [-0.1, -0.05) is 26.0 Å². The van der Waals surface area contributed by atoms with Crippen molar-refractivity contribution in [3.05, 3.63) is 47.5 Å². The number of carbonyl (C=O) groups excluding carboxylic acids is 1. The number of hydrogen-bond acceptors (Lipinski definition) is 4. The summed E-state index contributed by atoms with van der Waals surface area (Å²) in [5.74, 6) is -0.385. The highest BCUT2D eigenvalue weighted by Gasteiger charge is 2.34. The van der Waals surface area contributed by atoms with Gasteiger partial charge in [-0.15, -0.1) is 0 Å². The Bertz CT molecular complexity index is 990. The van der Waals surface area contributed by atoms with Crippen molar-refractivity contribution in [2.45, 2.75) is 26.7 Å². The molecule has 0 amide bonds. The first-order valence-electron chi connectivity index (χ1n) is 7.81. The SMILES string of the molecule is CC1(C)CC(=O)c2c(nc3c(cnn3-c3ccccc3F)c2N)C1. The lowest BCUT2D eigenvalue weighted by Gasteiger charge is -2.30. The second-order valence-electron chi connectivity index (χ2n) is 7.03. The normalized spacial score (nSPS) is 16.4. The highest BCUT2D eigenvalue weighted by molar-refractivity contribution is 6.09. The van der Waals surface area contributed by atoms with E-state index in [-0.39, 0.29) is 11.2 Å². The van der Waals surface area contributed by atoms with Crippen LogP contribution in [0.5, 0.6) is 0 Å². The van der Waals surface area contributed by atoms with Crippen LogP contribution in [-0.2, 0) is 6.42 Å². The van der Waals surface area contributed by atoms with Crippen molar-refractivity contribution in [2.75, 3.05) is 5.73 Å². The van der Waals surface area contributed by atoms with Crippen molar-refractivity contribution in [2.24, 2.45) is 5.41 Å². The molecule has 122 valence electrons. The summed E-state index contributed by atoms with van der Waals surface area (Å²) in [4.78, 5) is 17.1. The maximum atomic E-state index is 14.1. The van der Waals surface area contributed by atoms with Gasteiger partial charge in [0.1, 0.15) is 11.5 Å². The van der Waals surface area contributed by atoms with Gasteiger partial charge in [-0.05, 0) is 24.0 Å². The zero-order valence-electron chi connectivity index (χ0n) is 13.5. The highest BCUT2D eigenvalue weighted by atomic mass is 19.1. The summed E-state index contributed by atoms with van der Waals surface area (Å²) in [5, 5.41) is 4.82. The van der Waals surface area contributed by atoms with Crippen molar-refractivity contribution in [1.82, 2.24) is 14.8 Å². The largest absolute Gasteiger partial charge is 0.397 e. The Morgan fingerprint density at radius 1 is 1.25 bits per heavy atom. The van der Waals surface area contributed by atoms with Crippen LogP contribution in [0.15, 0.2) is 30.5 Å². The predicted octanol–water partition coefficient (Wildman–Crippen LogP) is 3.30. The summed E-state index contributed by atoms with van der Waals surface area (Å²) in [5.41, 5.74) is 8.40. The lowest BCUT2D eigenvalue weighted by atomic mass is 9.75. The number of pyridine rings is 1. The quantitative estimate of drug-likeness (QED) is 0.745. The number of hydrogen-bond donors (Lipinski definition) is 1. The predicted molar refractivity (Wildman–Crippen MR) is 89.7 cm³/mol. The number of nitrogen functional groups attached to an aromatic ring is 1. The Hall–Kier alpha value is -2.76. The number of rotatable bonds is 1. The number of fused-ring (bicyclic) bond motifs is 2. The summed E-state index contributed by atoms with van der Waals surface area (Å²) in [6.45, 7) is 4.06. The molecule has 6 heteroatoms. The molecule has 1 aliphatic carbocycles.